The maximum atomic E-state index is 13.8. The lowest BCUT2D eigenvalue weighted by Crippen LogP contribution is -2.69. The van der Waals surface area contributed by atoms with Crippen molar-refractivity contribution in [2.75, 3.05) is 6.79 Å². The summed E-state index contributed by atoms with van der Waals surface area (Å²) in [5.41, 5.74) is 0. The lowest BCUT2D eigenvalue weighted by Gasteiger charge is -2.43. The Hall–Kier alpha value is -0.270. The van der Waals surface area contributed by atoms with Crippen LogP contribution in [0.2, 0.25) is 0 Å². The second-order valence-corrected chi connectivity index (χ2v) is 6.86. The molecule has 0 spiro atoms. The van der Waals surface area contributed by atoms with Crippen LogP contribution in [0, 0.1) is 0 Å². The lowest BCUT2D eigenvalue weighted by molar-refractivity contribution is -0.502. The van der Waals surface area contributed by atoms with Crippen LogP contribution >= 0.6 is 22.6 Å². The van der Waals surface area contributed by atoms with Crippen LogP contribution in [0.5, 0.6) is 0 Å². The predicted molar refractivity (Wildman–Crippen MR) is 65.6 cm³/mol. The quantitative estimate of drug-likeness (QED) is 0.320. The zero-order valence-corrected chi connectivity index (χ0v) is 13.0. The first-order valence-corrected chi connectivity index (χ1v) is 6.70. The molecule has 0 aromatic carbocycles. The van der Waals surface area contributed by atoms with Crippen molar-refractivity contribution in [3.05, 3.63) is 0 Å². The van der Waals surface area contributed by atoms with Gasteiger partial charge in [0.25, 0.3) is 6.29 Å². The normalized spacial score (nSPS) is 32.3. The summed E-state index contributed by atoms with van der Waals surface area (Å²) in [4.78, 5) is 11.7. The second-order valence-electron chi connectivity index (χ2n) is 4.48. The molecule has 11 heteroatoms. The number of carbonyl (C=O) groups excluding carboxylic acids is 1. The molecule has 21 heavy (non-hydrogen) atoms. The number of halogens is 6. The first kappa shape index (κ1) is 18.8. The Morgan fingerprint density at radius 3 is 2.43 bits per heavy atom. The Morgan fingerprint density at radius 2 is 2.00 bits per heavy atom. The van der Waals surface area contributed by atoms with Crippen molar-refractivity contribution in [2.24, 2.45) is 0 Å². The zero-order valence-electron chi connectivity index (χ0n) is 10.8. The van der Waals surface area contributed by atoms with Gasteiger partial charge in [-0.15, -0.1) is 0 Å². The zero-order chi connectivity index (χ0) is 16.7. The van der Waals surface area contributed by atoms with Crippen molar-refractivity contribution in [1.29, 1.82) is 0 Å². The Morgan fingerprint density at radius 1 is 1.48 bits per heavy atom. The highest BCUT2D eigenvalue weighted by Crippen LogP contribution is 2.48. The average molecular weight is 434 g/mol. The molecule has 1 rings (SSSR count). The minimum atomic E-state index is -5.80. The number of rotatable bonds is 3. The molecule has 0 aromatic heterocycles. The van der Waals surface area contributed by atoms with Crippen LogP contribution in [0.3, 0.4) is 0 Å². The topological polar surface area (TPSA) is 65.0 Å². The summed E-state index contributed by atoms with van der Waals surface area (Å²) < 4.78 is 76.2. The standard InChI is InChI=1S/C10H12F5IO5/c1-3-7(2,16)5(17)21-6-8(11,12)9(18,10(13,14)15)20-4-19-6/h6,18H,3-4H2,1-2H3. The minimum Gasteiger partial charge on any atom is -0.428 e. The molecule has 1 aliphatic heterocycles. The number of alkyl halides is 6. The van der Waals surface area contributed by atoms with E-state index in [4.69, 9.17) is 5.11 Å². The van der Waals surface area contributed by atoms with Crippen LogP contribution in [0.4, 0.5) is 22.0 Å². The summed E-state index contributed by atoms with van der Waals surface area (Å²) in [5.74, 6) is -11.0. The summed E-state index contributed by atoms with van der Waals surface area (Å²) in [7, 11) is 0. The third-order valence-corrected chi connectivity index (χ3v) is 4.13. The van der Waals surface area contributed by atoms with Crippen LogP contribution in [0.25, 0.3) is 0 Å². The van der Waals surface area contributed by atoms with Crippen LogP contribution in [0.15, 0.2) is 0 Å². The van der Waals surface area contributed by atoms with E-state index in [1.807, 2.05) is 0 Å². The number of esters is 1. The molecule has 1 saturated heterocycles. The van der Waals surface area contributed by atoms with Gasteiger partial charge in [-0.25, -0.2) is 0 Å². The van der Waals surface area contributed by atoms with Crippen LogP contribution in [-0.2, 0) is 19.0 Å². The molecule has 1 fully saturated rings. The molecule has 5 nitrogen and oxygen atoms in total. The monoisotopic (exact) mass is 434 g/mol. The molecule has 0 saturated carbocycles. The summed E-state index contributed by atoms with van der Waals surface area (Å²) in [5, 5.41) is 9.11. The van der Waals surface area contributed by atoms with E-state index in [1.165, 1.54) is 6.92 Å². The highest BCUT2D eigenvalue weighted by atomic mass is 127. The van der Waals surface area contributed by atoms with Gasteiger partial charge < -0.3 is 19.3 Å². The molecule has 1 heterocycles. The van der Waals surface area contributed by atoms with E-state index >= 15 is 0 Å². The molecular weight excluding hydrogens is 422 g/mol. The van der Waals surface area contributed by atoms with E-state index in [0.717, 1.165) is 0 Å². The third-order valence-electron chi connectivity index (χ3n) is 2.92. The number of ether oxygens (including phenoxy) is 3. The first-order chi connectivity index (χ1) is 9.29. The van der Waals surface area contributed by atoms with Crippen molar-refractivity contribution >= 4 is 28.6 Å². The molecule has 0 aromatic rings. The molecule has 3 unspecified atom stereocenters. The Labute approximate surface area is 129 Å². The maximum absolute atomic E-state index is 13.8. The molecule has 0 radical (unpaired) electrons. The lowest BCUT2D eigenvalue weighted by atomic mass is 10.1. The van der Waals surface area contributed by atoms with Gasteiger partial charge >= 0.3 is 23.9 Å². The van der Waals surface area contributed by atoms with Gasteiger partial charge in [-0.2, -0.15) is 22.0 Å². The van der Waals surface area contributed by atoms with Crippen molar-refractivity contribution in [3.8, 4) is 0 Å². The minimum absolute atomic E-state index is 0.185. The van der Waals surface area contributed by atoms with Gasteiger partial charge in [0, 0.05) is 0 Å². The van der Waals surface area contributed by atoms with Crippen molar-refractivity contribution < 1.29 is 46.1 Å². The molecule has 124 valence electrons. The summed E-state index contributed by atoms with van der Waals surface area (Å²) in [6.07, 6.45) is -8.53. The molecule has 0 amide bonds. The van der Waals surface area contributed by atoms with Crippen molar-refractivity contribution in [3.63, 3.8) is 0 Å². The number of hydrogen-bond acceptors (Lipinski definition) is 5. The van der Waals surface area contributed by atoms with E-state index in [9.17, 15) is 26.7 Å². The Kier molecular flexibility index (Phi) is 5.13. The predicted octanol–water partition coefficient (Wildman–Crippen LogP) is 2.35. The Balaban J connectivity index is 3.03. The first-order valence-electron chi connectivity index (χ1n) is 5.62. The van der Waals surface area contributed by atoms with Gasteiger partial charge in [-0.05, 0) is 13.3 Å². The van der Waals surface area contributed by atoms with Crippen molar-refractivity contribution in [2.45, 2.75) is 47.9 Å². The number of hydrogen-bond donors (Lipinski definition) is 1. The van der Waals surface area contributed by atoms with E-state index in [-0.39, 0.29) is 6.42 Å². The number of carbonyl (C=O) groups is 1. The van der Waals surface area contributed by atoms with E-state index in [0.29, 0.717) is 0 Å². The Bertz CT molecular complexity index is 413. The van der Waals surface area contributed by atoms with E-state index in [1.54, 1.807) is 29.5 Å². The van der Waals surface area contributed by atoms with E-state index in [2.05, 4.69) is 14.2 Å². The SMILES string of the molecule is CCC(C)(I)C(=O)OC1OCOC(O)(C(F)(F)F)C1(F)F. The van der Waals surface area contributed by atoms with Crippen molar-refractivity contribution in [1.82, 2.24) is 0 Å². The van der Waals surface area contributed by atoms with Gasteiger partial charge in [0.2, 0.25) is 0 Å². The van der Waals surface area contributed by atoms with Crippen LogP contribution in [0.1, 0.15) is 20.3 Å². The molecule has 1 aliphatic rings. The summed E-state index contributed by atoms with van der Waals surface area (Å²) >= 11 is 1.61. The molecular formula is C10H12F5IO5. The highest BCUT2D eigenvalue weighted by molar-refractivity contribution is 14.1. The third kappa shape index (κ3) is 3.24. The summed E-state index contributed by atoms with van der Waals surface area (Å²) in [6.45, 7) is 1.60. The molecule has 0 bridgehead atoms. The van der Waals surface area contributed by atoms with Crippen LogP contribution < -0.4 is 0 Å². The highest BCUT2D eigenvalue weighted by Gasteiger charge is 2.77. The number of aliphatic hydroxyl groups is 1. The van der Waals surface area contributed by atoms with E-state index < -0.39 is 40.4 Å². The average Bonchev–Trinajstić information content (AvgIpc) is 2.33. The smallest absolute Gasteiger partial charge is 0.428 e. The fourth-order valence-electron chi connectivity index (χ4n) is 1.28. The maximum Gasteiger partial charge on any atom is 0.450 e. The molecule has 1 N–H and O–H groups in total. The van der Waals surface area contributed by atoms with Gasteiger partial charge in [-0.3, -0.25) is 4.79 Å². The fourth-order valence-corrected chi connectivity index (χ4v) is 1.41. The fraction of sp³-hybridized carbons (Fsp3) is 0.900. The van der Waals surface area contributed by atoms with Gasteiger partial charge in [0.05, 0.1) is 0 Å². The van der Waals surface area contributed by atoms with Crippen LogP contribution in [-0.4, -0.2) is 45.5 Å². The molecule has 0 aliphatic carbocycles. The molecule has 3 atom stereocenters. The van der Waals surface area contributed by atoms with Gasteiger partial charge in [0.15, 0.2) is 6.79 Å². The van der Waals surface area contributed by atoms with Gasteiger partial charge in [-0.1, -0.05) is 29.5 Å². The second kappa shape index (κ2) is 5.74. The van der Waals surface area contributed by atoms with Gasteiger partial charge in [0.1, 0.15) is 3.42 Å². The summed E-state index contributed by atoms with van der Waals surface area (Å²) in [6, 6.07) is 0. The largest absolute Gasteiger partial charge is 0.450 e.